The minimum atomic E-state index is -4.07. The van der Waals surface area contributed by atoms with Crippen molar-refractivity contribution in [3.63, 3.8) is 0 Å². The number of carbonyl (C=O) groups excluding carboxylic acids is 3. The quantitative estimate of drug-likeness (QED) is 0.524. The summed E-state index contributed by atoms with van der Waals surface area (Å²) in [6, 6.07) is 2.72. The number of nitrogens with zero attached hydrogens (tertiary/aromatic N) is 1. The molecule has 1 saturated carbocycles. The molecule has 1 aliphatic heterocycles. The fourth-order valence-electron chi connectivity index (χ4n) is 3.96. The van der Waals surface area contributed by atoms with E-state index in [0.717, 1.165) is 41.1 Å². The number of sulfonamides is 1. The van der Waals surface area contributed by atoms with Crippen molar-refractivity contribution < 1.29 is 32.6 Å². The molecule has 1 aromatic carbocycles. The van der Waals surface area contributed by atoms with Crippen LogP contribution in [0.2, 0.25) is 0 Å². The van der Waals surface area contributed by atoms with Gasteiger partial charge in [0, 0.05) is 19.0 Å². The largest absolute Gasteiger partial charge is 0.454 e. The molecule has 2 unspecified atom stereocenters. The number of nitrogens with one attached hydrogen (secondary N) is 2. The Morgan fingerprint density at radius 2 is 1.84 bits per heavy atom. The maximum atomic E-state index is 13.1. The smallest absolute Gasteiger partial charge is 0.325 e. The number of aliphatic hydroxyl groups is 1. The Kier molecular flexibility index (Phi) is 7.52. The molecule has 0 bridgehead atoms. The molecule has 32 heavy (non-hydrogen) atoms. The minimum Gasteiger partial charge on any atom is -0.454 e. The van der Waals surface area contributed by atoms with Gasteiger partial charge in [-0.1, -0.05) is 18.9 Å². The first kappa shape index (κ1) is 24.1. The molecular formula is C21H29N3O7S. The van der Waals surface area contributed by atoms with E-state index in [1.165, 1.54) is 12.1 Å². The third-order valence-corrected chi connectivity index (χ3v) is 7.75. The Balaban J connectivity index is 1.60. The van der Waals surface area contributed by atoms with Crippen LogP contribution in [-0.4, -0.2) is 67.1 Å². The number of aryl methyl sites for hydroxylation is 2. The van der Waals surface area contributed by atoms with Gasteiger partial charge in [0.25, 0.3) is 5.91 Å². The van der Waals surface area contributed by atoms with Gasteiger partial charge in [-0.3, -0.25) is 14.9 Å². The number of benzene rings is 1. The Labute approximate surface area is 187 Å². The number of β-amino-alcohol motifs (C(OH)–C–C–N with tert-alkyl or cyclic N) is 1. The van der Waals surface area contributed by atoms with Crippen molar-refractivity contribution >= 4 is 27.9 Å². The topological polar surface area (TPSA) is 142 Å². The maximum absolute atomic E-state index is 13.1. The number of amides is 3. The lowest BCUT2D eigenvalue weighted by molar-refractivity contribution is -0.151. The normalized spacial score (nSPS) is 22.0. The van der Waals surface area contributed by atoms with Gasteiger partial charge in [0.05, 0.1) is 11.0 Å². The second kappa shape index (κ2) is 9.97. The van der Waals surface area contributed by atoms with Crippen molar-refractivity contribution in [1.29, 1.82) is 0 Å². The van der Waals surface area contributed by atoms with Gasteiger partial charge in [-0.2, -0.15) is 4.31 Å². The molecular weight excluding hydrogens is 438 g/mol. The van der Waals surface area contributed by atoms with Crippen LogP contribution in [0, 0.1) is 13.8 Å². The predicted molar refractivity (Wildman–Crippen MR) is 114 cm³/mol. The van der Waals surface area contributed by atoms with Gasteiger partial charge >= 0.3 is 12.0 Å². The van der Waals surface area contributed by atoms with E-state index in [9.17, 15) is 27.9 Å². The van der Waals surface area contributed by atoms with Crippen molar-refractivity contribution in [1.82, 2.24) is 14.9 Å². The SMILES string of the molecule is Cc1ccc(S(=O)(=O)N2CC(O)CC2C(=O)OCC(=O)NC(=O)NC2CCCC2)cc1C. The van der Waals surface area contributed by atoms with E-state index in [2.05, 4.69) is 10.6 Å². The van der Waals surface area contributed by atoms with Crippen LogP contribution in [0.1, 0.15) is 43.2 Å². The predicted octanol–water partition coefficient (Wildman–Crippen LogP) is 0.739. The number of ether oxygens (including phenoxy) is 1. The van der Waals surface area contributed by atoms with Crippen LogP contribution in [-0.2, 0) is 24.3 Å². The lowest BCUT2D eigenvalue weighted by Gasteiger charge is -2.22. The van der Waals surface area contributed by atoms with Crippen LogP contribution in [0.5, 0.6) is 0 Å². The number of urea groups is 1. The molecule has 1 aliphatic carbocycles. The van der Waals surface area contributed by atoms with Crippen LogP contribution in [0.4, 0.5) is 4.79 Å². The fourth-order valence-corrected chi connectivity index (χ4v) is 5.67. The van der Waals surface area contributed by atoms with Gasteiger partial charge in [-0.05, 0) is 49.9 Å². The highest BCUT2D eigenvalue weighted by Crippen LogP contribution is 2.28. The zero-order valence-corrected chi connectivity index (χ0v) is 19.0. The van der Waals surface area contributed by atoms with E-state index < -0.39 is 46.7 Å². The number of carbonyl (C=O) groups is 3. The summed E-state index contributed by atoms with van der Waals surface area (Å²) in [6.45, 7) is 2.64. The van der Waals surface area contributed by atoms with Crippen LogP contribution in [0.25, 0.3) is 0 Å². The molecule has 1 saturated heterocycles. The molecule has 0 radical (unpaired) electrons. The first-order valence-corrected chi connectivity index (χ1v) is 12.1. The van der Waals surface area contributed by atoms with Gasteiger partial charge in [-0.25, -0.2) is 13.2 Å². The van der Waals surface area contributed by atoms with Crippen LogP contribution in [0.3, 0.4) is 0 Å². The second-order valence-electron chi connectivity index (χ2n) is 8.34. The van der Waals surface area contributed by atoms with Crippen LogP contribution >= 0.6 is 0 Å². The number of rotatable bonds is 6. The summed E-state index contributed by atoms with van der Waals surface area (Å²) in [4.78, 5) is 36.3. The minimum absolute atomic E-state index is 0.00817. The second-order valence-corrected chi connectivity index (χ2v) is 10.2. The van der Waals surface area contributed by atoms with Crippen molar-refractivity contribution in [3.8, 4) is 0 Å². The summed E-state index contributed by atoms with van der Waals surface area (Å²) in [6.07, 6.45) is 2.56. The van der Waals surface area contributed by atoms with Crippen LogP contribution in [0.15, 0.2) is 23.1 Å². The molecule has 1 heterocycles. The zero-order chi connectivity index (χ0) is 23.5. The lowest BCUT2D eigenvalue weighted by atomic mass is 10.1. The zero-order valence-electron chi connectivity index (χ0n) is 18.2. The van der Waals surface area contributed by atoms with E-state index >= 15 is 0 Å². The van der Waals surface area contributed by atoms with Crippen LogP contribution < -0.4 is 10.6 Å². The average Bonchev–Trinajstić information content (AvgIpc) is 3.37. The van der Waals surface area contributed by atoms with Crippen molar-refractivity contribution in [3.05, 3.63) is 29.3 Å². The maximum Gasteiger partial charge on any atom is 0.325 e. The Hall–Kier alpha value is -2.50. The molecule has 3 N–H and O–H groups in total. The van der Waals surface area contributed by atoms with E-state index in [0.29, 0.717) is 0 Å². The number of hydrogen-bond acceptors (Lipinski definition) is 7. The number of esters is 1. The van der Waals surface area contributed by atoms with E-state index in [4.69, 9.17) is 4.74 Å². The molecule has 2 atom stereocenters. The molecule has 3 rings (SSSR count). The molecule has 0 aromatic heterocycles. The molecule has 176 valence electrons. The Morgan fingerprint density at radius 3 is 2.50 bits per heavy atom. The summed E-state index contributed by atoms with van der Waals surface area (Å²) >= 11 is 0. The van der Waals surface area contributed by atoms with Crippen molar-refractivity contribution in [2.45, 2.75) is 69.0 Å². The van der Waals surface area contributed by atoms with Gasteiger partial charge in [0.2, 0.25) is 10.0 Å². The van der Waals surface area contributed by atoms with Gasteiger partial charge in [0.15, 0.2) is 6.61 Å². The monoisotopic (exact) mass is 467 g/mol. The third kappa shape index (κ3) is 5.64. The standard InChI is InChI=1S/C21H29N3O7S/c1-13-7-8-17(9-14(13)2)32(29,30)24-11-16(25)10-18(24)20(27)31-12-19(26)23-21(28)22-15-5-3-4-6-15/h7-9,15-16,18,25H,3-6,10-12H2,1-2H3,(H2,22,23,26,28). The van der Waals surface area contributed by atoms with Crippen molar-refractivity contribution in [2.24, 2.45) is 0 Å². The fraction of sp³-hybridized carbons (Fsp3) is 0.571. The molecule has 11 heteroatoms. The molecule has 2 fully saturated rings. The highest BCUT2D eigenvalue weighted by Gasteiger charge is 2.44. The van der Waals surface area contributed by atoms with Gasteiger partial charge < -0.3 is 15.2 Å². The third-order valence-electron chi connectivity index (χ3n) is 5.88. The summed E-state index contributed by atoms with van der Waals surface area (Å²) < 4.78 is 32.0. The molecule has 10 nitrogen and oxygen atoms in total. The average molecular weight is 468 g/mol. The Bertz CT molecular complexity index is 989. The lowest BCUT2D eigenvalue weighted by Crippen LogP contribution is -2.46. The summed E-state index contributed by atoms with van der Waals surface area (Å²) in [5.41, 5.74) is 1.70. The first-order chi connectivity index (χ1) is 15.1. The summed E-state index contributed by atoms with van der Waals surface area (Å²) in [5, 5.41) is 14.8. The number of imide groups is 1. The first-order valence-electron chi connectivity index (χ1n) is 10.6. The van der Waals surface area contributed by atoms with Gasteiger partial charge in [0.1, 0.15) is 6.04 Å². The van der Waals surface area contributed by atoms with Gasteiger partial charge in [-0.15, -0.1) is 0 Å². The Morgan fingerprint density at radius 1 is 1.16 bits per heavy atom. The summed E-state index contributed by atoms with van der Waals surface area (Å²) in [7, 11) is -4.07. The molecule has 2 aliphatic rings. The highest BCUT2D eigenvalue weighted by molar-refractivity contribution is 7.89. The highest BCUT2D eigenvalue weighted by atomic mass is 32.2. The molecule has 3 amide bonds. The van der Waals surface area contributed by atoms with Crippen molar-refractivity contribution in [2.75, 3.05) is 13.2 Å². The summed E-state index contributed by atoms with van der Waals surface area (Å²) in [5.74, 6) is -1.78. The van der Waals surface area contributed by atoms with E-state index in [1.807, 2.05) is 6.92 Å². The van der Waals surface area contributed by atoms with E-state index in [-0.39, 0.29) is 23.9 Å². The number of aliphatic hydroxyl groups excluding tert-OH is 1. The molecule has 1 aromatic rings. The molecule has 0 spiro atoms. The van der Waals surface area contributed by atoms with E-state index in [1.54, 1.807) is 13.0 Å². The number of hydrogen-bond donors (Lipinski definition) is 3.